The molecule has 1 aromatic heterocycles. The highest BCUT2D eigenvalue weighted by Crippen LogP contribution is 2.26. The standard InChI is InChI=1S/C13H13N3O2/c1-2-15(12-7-9-14-10-8-12)11-3-5-13(6-4-11)16(17)18/h3-10H,2H2,1H3. The van der Waals surface area contributed by atoms with E-state index in [0.29, 0.717) is 0 Å². The molecule has 0 fully saturated rings. The molecule has 0 saturated heterocycles. The second-order valence-corrected chi connectivity index (χ2v) is 3.72. The highest BCUT2D eigenvalue weighted by molar-refractivity contribution is 5.63. The molecule has 2 rings (SSSR count). The molecule has 0 N–H and O–H groups in total. The van der Waals surface area contributed by atoms with Gasteiger partial charge in [0.05, 0.1) is 4.92 Å². The molecule has 18 heavy (non-hydrogen) atoms. The van der Waals surface area contributed by atoms with Crippen molar-refractivity contribution >= 4 is 17.1 Å². The van der Waals surface area contributed by atoms with Crippen molar-refractivity contribution in [2.45, 2.75) is 6.92 Å². The average molecular weight is 243 g/mol. The largest absolute Gasteiger partial charge is 0.342 e. The molecule has 5 nitrogen and oxygen atoms in total. The summed E-state index contributed by atoms with van der Waals surface area (Å²) in [6, 6.07) is 10.3. The third-order valence-corrected chi connectivity index (χ3v) is 2.66. The molecule has 0 amide bonds. The summed E-state index contributed by atoms with van der Waals surface area (Å²) in [7, 11) is 0. The fraction of sp³-hybridized carbons (Fsp3) is 0.154. The molecule has 2 aromatic rings. The molecular formula is C13H13N3O2. The van der Waals surface area contributed by atoms with Gasteiger partial charge >= 0.3 is 0 Å². The number of hydrogen-bond donors (Lipinski definition) is 0. The third-order valence-electron chi connectivity index (χ3n) is 2.66. The topological polar surface area (TPSA) is 59.3 Å². The normalized spacial score (nSPS) is 10.1. The number of rotatable bonds is 4. The van der Waals surface area contributed by atoms with Crippen molar-refractivity contribution < 1.29 is 4.92 Å². The van der Waals surface area contributed by atoms with E-state index in [-0.39, 0.29) is 5.69 Å². The molecule has 0 saturated carbocycles. The molecule has 0 aliphatic rings. The predicted molar refractivity (Wildman–Crippen MR) is 70.0 cm³/mol. The first-order chi connectivity index (χ1) is 8.72. The molecule has 0 bridgehead atoms. The van der Waals surface area contributed by atoms with Crippen LogP contribution in [0.2, 0.25) is 0 Å². The zero-order valence-electron chi connectivity index (χ0n) is 9.98. The monoisotopic (exact) mass is 243 g/mol. The summed E-state index contributed by atoms with van der Waals surface area (Å²) in [4.78, 5) is 16.2. The molecule has 1 heterocycles. The number of aromatic nitrogens is 1. The van der Waals surface area contributed by atoms with Crippen LogP contribution in [0.4, 0.5) is 17.1 Å². The van der Waals surface area contributed by atoms with Crippen LogP contribution in [0.1, 0.15) is 6.92 Å². The van der Waals surface area contributed by atoms with Crippen LogP contribution in [0.25, 0.3) is 0 Å². The first-order valence-electron chi connectivity index (χ1n) is 5.64. The average Bonchev–Trinajstić information content (AvgIpc) is 2.41. The maximum atomic E-state index is 10.6. The summed E-state index contributed by atoms with van der Waals surface area (Å²) < 4.78 is 0. The lowest BCUT2D eigenvalue weighted by Crippen LogP contribution is -2.15. The number of pyridine rings is 1. The van der Waals surface area contributed by atoms with E-state index in [1.54, 1.807) is 24.5 Å². The SMILES string of the molecule is CCN(c1ccncc1)c1ccc([N+](=O)[O-])cc1. The molecule has 5 heteroatoms. The second kappa shape index (κ2) is 5.27. The lowest BCUT2D eigenvalue weighted by molar-refractivity contribution is -0.384. The molecule has 0 aliphatic carbocycles. The van der Waals surface area contributed by atoms with Gasteiger partial charge < -0.3 is 4.90 Å². The van der Waals surface area contributed by atoms with Gasteiger partial charge in [-0.25, -0.2) is 0 Å². The Kier molecular flexibility index (Phi) is 3.52. The highest BCUT2D eigenvalue weighted by atomic mass is 16.6. The Bertz CT molecular complexity index is 526. The maximum absolute atomic E-state index is 10.6. The van der Waals surface area contributed by atoms with Crippen molar-refractivity contribution in [3.05, 3.63) is 58.9 Å². The minimum atomic E-state index is -0.396. The van der Waals surface area contributed by atoms with Crippen molar-refractivity contribution in [2.75, 3.05) is 11.4 Å². The Labute approximate surface area is 105 Å². The summed E-state index contributed by atoms with van der Waals surface area (Å²) in [5, 5.41) is 10.6. The molecule has 1 aromatic carbocycles. The Balaban J connectivity index is 2.31. The van der Waals surface area contributed by atoms with E-state index in [1.165, 1.54) is 12.1 Å². The zero-order chi connectivity index (χ0) is 13.0. The Morgan fingerprint density at radius 1 is 1.11 bits per heavy atom. The smallest absolute Gasteiger partial charge is 0.269 e. The maximum Gasteiger partial charge on any atom is 0.269 e. The summed E-state index contributed by atoms with van der Waals surface area (Å²) in [6.07, 6.45) is 3.45. The third kappa shape index (κ3) is 2.45. The Hall–Kier alpha value is -2.43. The van der Waals surface area contributed by atoms with Crippen LogP contribution in [0.3, 0.4) is 0 Å². The lowest BCUT2D eigenvalue weighted by atomic mass is 10.2. The van der Waals surface area contributed by atoms with Crippen molar-refractivity contribution in [1.82, 2.24) is 4.98 Å². The van der Waals surface area contributed by atoms with Gasteiger partial charge in [-0.15, -0.1) is 0 Å². The van der Waals surface area contributed by atoms with Gasteiger partial charge in [0.1, 0.15) is 0 Å². The van der Waals surface area contributed by atoms with Gasteiger partial charge in [-0.1, -0.05) is 0 Å². The quantitative estimate of drug-likeness (QED) is 0.611. The Morgan fingerprint density at radius 2 is 1.67 bits per heavy atom. The number of anilines is 2. The minimum absolute atomic E-state index is 0.101. The van der Waals surface area contributed by atoms with E-state index >= 15 is 0 Å². The van der Waals surface area contributed by atoms with E-state index in [9.17, 15) is 10.1 Å². The number of nitrogens with zero attached hydrogens (tertiary/aromatic N) is 3. The summed E-state index contributed by atoms with van der Waals surface area (Å²) in [5.74, 6) is 0. The van der Waals surface area contributed by atoms with Crippen molar-refractivity contribution in [2.24, 2.45) is 0 Å². The first-order valence-corrected chi connectivity index (χ1v) is 5.64. The van der Waals surface area contributed by atoms with Crippen molar-refractivity contribution in [3.8, 4) is 0 Å². The highest BCUT2D eigenvalue weighted by Gasteiger charge is 2.09. The van der Waals surface area contributed by atoms with Gasteiger partial charge in [-0.05, 0) is 31.2 Å². The first kappa shape index (κ1) is 12.0. The van der Waals surface area contributed by atoms with Crippen LogP contribution >= 0.6 is 0 Å². The number of non-ortho nitro benzene ring substituents is 1. The second-order valence-electron chi connectivity index (χ2n) is 3.72. The lowest BCUT2D eigenvalue weighted by Gasteiger charge is -2.22. The van der Waals surface area contributed by atoms with Gasteiger partial charge in [-0.2, -0.15) is 0 Å². The minimum Gasteiger partial charge on any atom is -0.342 e. The van der Waals surface area contributed by atoms with Crippen molar-refractivity contribution in [1.29, 1.82) is 0 Å². The number of nitro benzene ring substituents is 1. The van der Waals surface area contributed by atoms with E-state index in [4.69, 9.17) is 0 Å². The molecule has 0 radical (unpaired) electrons. The summed E-state index contributed by atoms with van der Waals surface area (Å²) in [5.41, 5.74) is 2.04. The van der Waals surface area contributed by atoms with E-state index in [2.05, 4.69) is 9.88 Å². The van der Waals surface area contributed by atoms with Crippen LogP contribution in [0.15, 0.2) is 48.8 Å². The molecule has 0 spiro atoms. The summed E-state index contributed by atoms with van der Waals surface area (Å²) >= 11 is 0. The van der Waals surface area contributed by atoms with Crippen LogP contribution in [-0.2, 0) is 0 Å². The van der Waals surface area contributed by atoms with E-state index in [0.717, 1.165) is 17.9 Å². The van der Waals surface area contributed by atoms with Gasteiger partial charge in [0.2, 0.25) is 0 Å². The van der Waals surface area contributed by atoms with Crippen LogP contribution < -0.4 is 4.90 Å². The van der Waals surface area contributed by atoms with E-state index in [1.807, 2.05) is 19.1 Å². The molecule has 92 valence electrons. The predicted octanol–water partition coefficient (Wildman–Crippen LogP) is 3.15. The molecular weight excluding hydrogens is 230 g/mol. The summed E-state index contributed by atoms with van der Waals surface area (Å²) in [6.45, 7) is 2.81. The fourth-order valence-corrected chi connectivity index (χ4v) is 1.79. The van der Waals surface area contributed by atoms with E-state index < -0.39 is 4.92 Å². The molecule has 0 aliphatic heterocycles. The number of nitro groups is 1. The molecule has 0 atom stereocenters. The fourth-order valence-electron chi connectivity index (χ4n) is 1.79. The van der Waals surface area contributed by atoms with Crippen LogP contribution in [0.5, 0.6) is 0 Å². The van der Waals surface area contributed by atoms with Gasteiger partial charge in [0.25, 0.3) is 5.69 Å². The van der Waals surface area contributed by atoms with Gasteiger partial charge in [-0.3, -0.25) is 15.1 Å². The zero-order valence-corrected chi connectivity index (χ0v) is 9.98. The Morgan fingerprint density at radius 3 is 2.17 bits per heavy atom. The van der Waals surface area contributed by atoms with Gasteiger partial charge in [0, 0.05) is 42.4 Å². The number of hydrogen-bond acceptors (Lipinski definition) is 4. The van der Waals surface area contributed by atoms with Crippen LogP contribution in [-0.4, -0.2) is 16.5 Å². The van der Waals surface area contributed by atoms with Crippen LogP contribution in [0, 0.1) is 10.1 Å². The number of benzene rings is 1. The van der Waals surface area contributed by atoms with Gasteiger partial charge in [0.15, 0.2) is 0 Å². The molecule has 0 unspecified atom stereocenters. The van der Waals surface area contributed by atoms with Crippen molar-refractivity contribution in [3.63, 3.8) is 0 Å².